The van der Waals surface area contributed by atoms with Gasteiger partial charge in [-0.15, -0.1) is 0 Å². The second-order valence-electron chi connectivity index (χ2n) is 4.13. The van der Waals surface area contributed by atoms with Crippen molar-refractivity contribution < 1.29 is 4.42 Å². The van der Waals surface area contributed by atoms with Crippen LogP contribution >= 0.6 is 0 Å². The molecule has 2 nitrogen and oxygen atoms in total. The van der Waals surface area contributed by atoms with Crippen LogP contribution in [-0.4, -0.2) is 5.54 Å². The topological polar surface area (TPSA) is 25.2 Å². The van der Waals surface area contributed by atoms with Gasteiger partial charge in [-0.05, 0) is 39.8 Å². The van der Waals surface area contributed by atoms with E-state index in [2.05, 4.69) is 33.0 Å². The highest BCUT2D eigenvalue weighted by Crippen LogP contribution is 2.15. The van der Waals surface area contributed by atoms with Crippen LogP contribution in [0.4, 0.5) is 0 Å². The predicted octanol–water partition coefficient (Wildman–Crippen LogP) is 2.73. The summed E-state index contributed by atoms with van der Waals surface area (Å²) in [6, 6.07) is 4.18. The quantitative estimate of drug-likeness (QED) is 0.732. The molecule has 0 aromatic carbocycles. The maximum absolute atomic E-state index is 5.28. The van der Waals surface area contributed by atoms with Crippen molar-refractivity contribution in [1.82, 2.24) is 5.32 Å². The molecule has 0 radical (unpaired) electrons. The Kier molecular flexibility index (Phi) is 2.58. The van der Waals surface area contributed by atoms with E-state index in [-0.39, 0.29) is 11.6 Å². The first-order valence-electron chi connectivity index (χ1n) is 4.30. The van der Waals surface area contributed by atoms with Gasteiger partial charge in [-0.2, -0.15) is 0 Å². The largest absolute Gasteiger partial charge is 0.468 e. The molecule has 1 N–H and O–H groups in total. The van der Waals surface area contributed by atoms with Crippen molar-refractivity contribution in [2.75, 3.05) is 0 Å². The molecule has 1 unspecified atom stereocenters. The van der Waals surface area contributed by atoms with E-state index in [1.165, 1.54) is 0 Å². The first-order chi connectivity index (χ1) is 5.49. The number of hydrogen-bond acceptors (Lipinski definition) is 2. The van der Waals surface area contributed by atoms with E-state index in [9.17, 15) is 0 Å². The summed E-state index contributed by atoms with van der Waals surface area (Å²) in [5, 5.41) is 3.43. The molecule has 0 aliphatic rings. The van der Waals surface area contributed by atoms with Gasteiger partial charge in [0.05, 0.1) is 12.3 Å². The standard InChI is InChI=1S/C10H17NO/c1-8(11-10(2,3)4)9-6-5-7-12-9/h5-8,11H,1-4H3. The average molecular weight is 167 g/mol. The van der Waals surface area contributed by atoms with E-state index in [1.54, 1.807) is 6.26 Å². The summed E-state index contributed by atoms with van der Waals surface area (Å²) >= 11 is 0. The van der Waals surface area contributed by atoms with Crippen LogP contribution in [0.5, 0.6) is 0 Å². The van der Waals surface area contributed by atoms with E-state index >= 15 is 0 Å². The molecule has 1 heterocycles. The first kappa shape index (κ1) is 9.33. The molecule has 2 heteroatoms. The van der Waals surface area contributed by atoms with Crippen LogP contribution in [0.2, 0.25) is 0 Å². The van der Waals surface area contributed by atoms with Crippen molar-refractivity contribution in [3.05, 3.63) is 24.2 Å². The molecule has 12 heavy (non-hydrogen) atoms. The summed E-state index contributed by atoms with van der Waals surface area (Å²) < 4.78 is 5.28. The molecular weight excluding hydrogens is 150 g/mol. The predicted molar refractivity (Wildman–Crippen MR) is 50.0 cm³/mol. The monoisotopic (exact) mass is 167 g/mol. The maximum atomic E-state index is 5.28. The zero-order chi connectivity index (χ0) is 9.19. The molecule has 0 aliphatic carbocycles. The highest BCUT2D eigenvalue weighted by atomic mass is 16.3. The lowest BCUT2D eigenvalue weighted by Gasteiger charge is -2.24. The Bertz CT molecular complexity index is 220. The molecule has 68 valence electrons. The lowest BCUT2D eigenvalue weighted by molar-refractivity contribution is 0.338. The number of furan rings is 1. The molecule has 0 saturated carbocycles. The van der Waals surface area contributed by atoms with Gasteiger partial charge >= 0.3 is 0 Å². The summed E-state index contributed by atoms with van der Waals surface area (Å²) in [5.74, 6) is 0.991. The molecular formula is C10H17NO. The molecule has 0 aliphatic heterocycles. The van der Waals surface area contributed by atoms with Crippen LogP contribution in [0.15, 0.2) is 22.8 Å². The minimum absolute atomic E-state index is 0.131. The fraction of sp³-hybridized carbons (Fsp3) is 0.600. The highest BCUT2D eigenvalue weighted by molar-refractivity contribution is 5.03. The molecule has 1 aromatic rings. The second kappa shape index (κ2) is 3.31. The molecule has 1 aromatic heterocycles. The SMILES string of the molecule is CC(NC(C)(C)C)c1ccco1. The van der Waals surface area contributed by atoms with Gasteiger partial charge in [0.25, 0.3) is 0 Å². The zero-order valence-corrected chi connectivity index (χ0v) is 8.22. The van der Waals surface area contributed by atoms with E-state index in [0.717, 1.165) is 5.76 Å². The smallest absolute Gasteiger partial charge is 0.120 e. The van der Waals surface area contributed by atoms with E-state index in [0.29, 0.717) is 0 Å². The van der Waals surface area contributed by atoms with Crippen LogP contribution in [0.25, 0.3) is 0 Å². The van der Waals surface area contributed by atoms with E-state index in [4.69, 9.17) is 4.42 Å². The Morgan fingerprint density at radius 3 is 2.50 bits per heavy atom. The summed E-state index contributed by atoms with van der Waals surface area (Å²) in [6.07, 6.45) is 1.70. The molecule has 0 amide bonds. The van der Waals surface area contributed by atoms with Gasteiger partial charge in [-0.1, -0.05) is 0 Å². The number of rotatable bonds is 2. The molecule has 0 spiro atoms. The molecule has 1 rings (SSSR count). The van der Waals surface area contributed by atoms with Gasteiger partial charge in [0.15, 0.2) is 0 Å². The van der Waals surface area contributed by atoms with Crippen molar-refractivity contribution in [3.63, 3.8) is 0 Å². The minimum atomic E-state index is 0.131. The van der Waals surface area contributed by atoms with Crippen molar-refractivity contribution in [3.8, 4) is 0 Å². The van der Waals surface area contributed by atoms with Crippen LogP contribution in [0.3, 0.4) is 0 Å². The summed E-state index contributed by atoms with van der Waals surface area (Å²) in [6.45, 7) is 8.54. The van der Waals surface area contributed by atoms with Gasteiger partial charge in [-0.25, -0.2) is 0 Å². The summed E-state index contributed by atoms with van der Waals surface area (Å²) in [5.41, 5.74) is 0.131. The molecule has 0 fully saturated rings. The lowest BCUT2D eigenvalue weighted by atomic mass is 10.1. The van der Waals surface area contributed by atoms with Crippen LogP contribution in [-0.2, 0) is 0 Å². The normalized spacial score (nSPS) is 14.7. The molecule has 1 atom stereocenters. The summed E-state index contributed by atoms with van der Waals surface area (Å²) in [4.78, 5) is 0. The third-order valence-corrected chi connectivity index (χ3v) is 1.62. The Balaban J connectivity index is 2.56. The number of nitrogens with one attached hydrogen (secondary N) is 1. The van der Waals surface area contributed by atoms with Crippen molar-refractivity contribution in [2.24, 2.45) is 0 Å². The van der Waals surface area contributed by atoms with Gasteiger partial charge in [0, 0.05) is 5.54 Å². The van der Waals surface area contributed by atoms with Crippen molar-refractivity contribution >= 4 is 0 Å². The lowest BCUT2D eigenvalue weighted by Crippen LogP contribution is -2.37. The Morgan fingerprint density at radius 1 is 1.42 bits per heavy atom. The average Bonchev–Trinajstić information content (AvgIpc) is 2.32. The Morgan fingerprint density at radius 2 is 2.08 bits per heavy atom. The van der Waals surface area contributed by atoms with Crippen molar-refractivity contribution in [1.29, 1.82) is 0 Å². The van der Waals surface area contributed by atoms with E-state index in [1.807, 2.05) is 12.1 Å². The Labute approximate surface area is 74.0 Å². The maximum Gasteiger partial charge on any atom is 0.120 e. The zero-order valence-electron chi connectivity index (χ0n) is 8.22. The van der Waals surface area contributed by atoms with Gasteiger partial charge in [0.1, 0.15) is 5.76 Å². The number of hydrogen-bond donors (Lipinski definition) is 1. The first-order valence-corrected chi connectivity index (χ1v) is 4.30. The fourth-order valence-electron chi connectivity index (χ4n) is 1.26. The van der Waals surface area contributed by atoms with Gasteiger partial charge in [-0.3, -0.25) is 0 Å². The van der Waals surface area contributed by atoms with Crippen LogP contribution in [0, 0.1) is 0 Å². The van der Waals surface area contributed by atoms with Gasteiger partial charge in [0.2, 0.25) is 0 Å². The second-order valence-corrected chi connectivity index (χ2v) is 4.13. The third-order valence-electron chi connectivity index (χ3n) is 1.62. The molecule has 0 bridgehead atoms. The fourth-order valence-corrected chi connectivity index (χ4v) is 1.26. The van der Waals surface area contributed by atoms with Gasteiger partial charge < -0.3 is 9.73 Å². The van der Waals surface area contributed by atoms with Crippen LogP contribution < -0.4 is 5.32 Å². The highest BCUT2D eigenvalue weighted by Gasteiger charge is 2.15. The minimum Gasteiger partial charge on any atom is -0.468 e. The Hall–Kier alpha value is -0.760. The third kappa shape index (κ3) is 2.70. The van der Waals surface area contributed by atoms with E-state index < -0.39 is 0 Å². The molecule has 0 saturated heterocycles. The van der Waals surface area contributed by atoms with Crippen LogP contribution in [0.1, 0.15) is 39.5 Å². The van der Waals surface area contributed by atoms with Crippen molar-refractivity contribution in [2.45, 2.75) is 39.3 Å². The summed E-state index contributed by atoms with van der Waals surface area (Å²) in [7, 11) is 0.